The number of quaternary nitrogens is 1. The van der Waals surface area contributed by atoms with Gasteiger partial charge in [0.1, 0.15) is 10.6 Å². The van der Waals surface area contributed by atoms with Gasteiger partial charge >= 0.3 is 0 Å². The van der Waals surface area contributed by atoms with E-state index in [2.05, 4.69) is 41.8 Å². The number of aliphatic carboxylic acids is 1. The van der Waals surface area contributed by atoms with Crippen molar-refractivity contribution in [2.75, 3.05) is 21.1 Å². The summed E-state index contributed by atoms with van der Waals surface area (Å²) in [6.07, 6.45) is 0.314. The second-order valence-corrected chi connectivity index (χ2v) is 5.99. The number of likely N-dealkylation sites (N-methyl/N-ethyl adjacent to an activating group) is 1. The fourth-order valence-corrected chi connectivity index (χ4v) is 2.47. The molecule has 1 heterocycles. The molecular weight excluding hydrogens is 342 g/mol. The molecule has 1 N–H and O–H groups in total. The molecule has 0 saturated heterocycles. The summed E-state index contributed by atoms with van der Waals surface area (Å²) in [5, 5.41) is 11.1. The number of hydrogen-bond donors (Lipinski definition) is 1. The highest BCUT2D eigenvalue weighted by Crippen LogP contribution is 2.20. The Morgan fingerprint density at radius 1 is 1.50 bits per heavy atom. The van der Waals surface area contributed by atoms with Crippen LogP contribution < -0.4 is 5.11 Å². The number of carbonyl (C=O) groups excluding carboxylic acids is 1. The lowest BCUT2D eigenvalue weighted by atomic mass is 10.1. The molecule has 0 aliphatic heterocycles. The normalized spacial score (nSPS) is 13.8. The Bertz CT molecular complexity index is 398. The van der Waals surface area contributed by atoms with Crippen molar-refractivity contribution in [3.05, 3.63) is 15.0 Å². The number of rotatable bonds is 4. The third-order valence-corrected chi connectivity index (χ3v) is 3.32. The van der Waals surface area contributed by atoms with Crippen molar-refractivity contribution >= 4 is 37.8 Å². The number of aromatic amines is 1. The third kappa shape index (κ3) is 3.29. The van der Waals surface area contributed by atoms with E-state index >= 15 is 0 Å². The second-order valence-electron chi connectivity index (χ2n) is 4.44. The van der Waals surface area contributed by atoms with Gasteiger partial charge in [-0.15, -0.1) is 0 Å². The maximum Gasteiger partial charge on any atom is 0.175 e. The Morgan fingerprint density at radius 2 is 2.06 bits per heavy atom. The van der Waals surface area contributed by atoms with Crippen molar-refractivity contribution in [2.45, 2.75) is 12.5 Å². The lowest BCUT2D eigenvalue weighted by molar-refractivity contribution is -0.889. The molecule has 0 bridgehead atoms. The van der Waals surface area contributed by atoms with Crippen LogP contribution in [0.5, 0.6) is 0 Å². The number of H-pyrrole nitrogens is 1. The molecule has 1 aromatic heterocycles. The van der Waals surface area contributed by atoms with Gasteiger partial charge in [-0.05, 0) is 31.9 Å². The molecule has 0 aromatic carbocycles. The second kappa shape index (κ2) is 4.85. The van der Waals surface area contributed by atoms with Crippen LogP contribution in [0.25, 0.3) is 0 Å². The van der Waals surface area contributed by atoms with Crippen LogP contribution in [0.15, 0.2) is 9.34 Å². The molecule has 0 spiro atoms. The van der Waals surface area contributed by atoms with Gasteiger partial charge in [-0.2, -0.15) is 0 Å². The molecule has 1 atom stereocenters. The first-order valence-corrected chi connectivity index (χ1v) is 6.22. The zero-order valence-corrected chi connectivity index (χ0v) is 12.4. The Kier molecular flexibility index (Phi) is 4.14. The maximum atomic E-state index is 11.1. The lowest BCUT2D eigenvalue weighted by Crippen LogP contribution is -2.56. The average Bonchev–Trinajstić information content (AvgIpc) is 2.38. The van der Waals surface area contributed by atoms with Crippen LogP contribution >= 0.6 is 31.9 Å². The molecule has 1 rings (SSSR count). The fraction of sp³-hybridized carbons (Fsp3) is 0.556. The summed E-state index contributed by atoms with van der Waals surface area (Å²) in [6, 6.07) is -0.633. The standard InChI is InChI=1S/C9H13Br2N3O2/c1-14(2,3)6(8(15)16)4-5-7(10)13-9(11)12-5/h6H,4H2,1-3H3,(H-,12,13,15,16)/t6-/m0/s1. The number of nitrogens with one attached hydrogen (secondary N) is 1. The van der Waals surface area contributed by atoms with Crippen LogP contribution in [0.4, 0.5) is 0 Å². The van der Waals surface area contributed by atoms with Crippen LogP contribution in [-0.4, -0.2) is 47.6 Å². The van der Waals surface area contributed by atoms with Gasteiger partial charge < -0.3 is 19.4 Å². The van der Waals surface area contributed by atoms with Crippen LogP contribution in [0.2, 0.25) is 0 Å². The highest BCUT2D eigenvalue weighted by molar-refractivity contribution is 9.11. The molecule has 0 aliphatic carbocycles. The Labute approximate surface area is 111 Å². The zero-order valence-electron chi connectivity index (χ0n) is 9.25. The Morgan fingerprint density at radius 3 is 2.38 bits per heavy atom. The predicted molar refractivity (Wildman–Crippen MR) is 64.5 cm³/mol. The molecule has 0 fully saturated rings. The minimum Gasteiger partial charge on any atom is -0.544 e. The number of aromatic nitrogens is 2. The van der Waals surface area contributed by atoms with Crippen molar-refractivity contribution in [2.24, 2.45) is 0 Å². The Hall–Kier alpha value is -0.400. The third-order valence-electron chi connectivity index (χ3n) is 2.29. The number of hydrogen-bond acceptors (Lipinski definition) is 3. The van der Waals surface area contributed by atoms with Gasteiger partial charge in [0.25, 0.3) is 0 Å². The topological polar surface area (TPSA) is 68.8 Å². The van der Waals surface area contributed by atoms with Gasteiger partial charge in [0.05, 0.1) is 39.2 Å². The Balaban J connectivity index is 2.93. The quantitative estimate of drug-likeness (QED) is 0.791. The number of carboxylic acid groups (broad SMARTS) is 1. The SMILES string of the molecule is C[N+](C)(C)[C@@H](Cc1nc(Br)[nH]c1Br)C(=O)[O-]. The first-order valence-electron chi connectivity index (χ1n) is 4.63. The van der Waals surface area contributed by atoms with Gasteiger partial charge in [0.2, 0.25) is 0 Å². The molecule has 0 amide bonds. The van der Waals surface area contributed by atoms with Crippen LogP contribution in [0.1, 0.15) is 5.69 Å². The first kappa shape index (κ1) is 13.7. The number of carboxylic acids is 1. The highest BCUT2D eigenvalue weighted by Gasteiger charge is 2.27. The molecule has 0 radical (unpaired) electrons. The lowest BCUT2D eigenvalue weighted by Gasteiger charge is -2.34. The van der Waals surface area contributed by atoms with Crippen LogP contribution in [0, 0.1) is 0 Å². The highest BCUT2D eigenvalue weighted by atomic mass is 79.9. The van der Waals surface area contributed by atoms with E-state index in [9.17, 15) is 9.90 Å². The van der Waals surface area contributed by atoms with E-state index in [-0.39, 0.29) is 0 Å². The van der Waals surface area contributed by atoms with E-state index in [1.165, 1.54) is 0 Å². The van der Waals surface area contributed by atoms with Gasteiger partial charge in [-0.25, -0.2) is 4.98 Å². The van der Waals surface area contributed by atoms with Crippen molar-refractivity contribution in [1.29, 1.82) is 0 Å². The van der Waals surface area contributed by atoms with Crippen molar-refractivity contribution in [1.82, 2.24) is 9.97 Å². The molecule has 16 heavy (non-hydrogen) atoms. The first-order chi connectivity index (χ1) is 7.21. The van der Waals surface area contributed by atoms with Crippen molar-refractivity contribution in [3.63, 3.8) is 0 Å². The summed E-state index contributed by atoms with van der Waals surface area (Å²) >= 11 is 6.49. The average molecular weight is 355 g/mol. The van der Waals surface area contributed by atoms with E-state index in [1.807, 2.05) is 21.1 Å². The minimum atomic E-state index is -1.07. The number of nitrogens with zero attached hydrogens (tertiary/aromatic N) is 2. The predicted octanol–water partition coefficient (Wildman–Crippen LogP) is 0.302. The summed E-state index contributed by atoms with van der Waals surface area (Å²) in [4.78, 5) is 18.1. The summed E-state index contributed by atoms with van der Waals surface area (Å²) in [5.74, 6) is -1.07. The van der Waals surface area contributed by atoms with Gasteiger partial charge in [-0.3, -0.25) is 0 Å². The fourth-order valence-electron chi connectivity index (χ4n) is 1.35. The van der Waals surface area contributed by atoms with Gasteiger partial charge in [0, 0.05) is 0 Å². The molecule has 90 valence electrons. The molecule has 1 aromatic rings. The molecular formula is C9H13Br2N3O2. The summed E-state index contributed by atoms with van der Waals surface area (Å²) in [5.41, 5.74) is 0.675. The van der Waals surface area contributed by atoms with E-state index in [0.29, 0.717) is 25.9 Å². The van der Waals surface area contributed by atoms with Crippen LogP contribution in [-0.2, 0) is 11.2 Å². The number of halogens is 2. The van der Waals surface area contributed by atoms with E-state index < -0.39 is 12.0 Å². The van der Waals surface area contributed by atoms with Crippen molar-refractivity contribution in [3.8, 4) is 0 Å². The van der Waals surface area contributed by atoms with Gasteiger partial charge in [0.15, 0.2) is 4.73 Å². The molecule has 0 saturated carbocycles. The van der Waals surface area contributed by atoms with Crippen molar-refractivity contribution < 1.29 is 14.4 Å². The molecule has 0 aliphatic rings. The van der Waals surface area contributed by atoms with Crippen LogP contribution in [0.3, 0.4) is 0 Å². The van der Waals surface area contributed by atoms with E-state index in [1.54, 1.807) is 0 Å². The zero-order chi connectivity index (χ0) is 12.5. The summed E-state index contributed by atoms with van der Waals surface area (Å²) in [6.45, 7) is 0. The maximum absolute atomic E-state index is 11.1. The molecule has 7 heteroatoms. The molecule has 5 nitrogen and oxygen atoms in total. The monoisotopic (exact) mass is 353 g/mol. The van der Waals surface area contributed by atoms with Gasteiger partial charge in [-0.1, -0.05) is 0 Å². The minimum absolute atomic E-state index is 0.291. The van der Waals surface area contributed by atoms with E-state index in [4.69, 9.17) is 0 Å². The van der Waals surface area contributed by atoms with E-state index in [0.717, 1.165) is 0 Å². The summed E-state index contributed by atoms with van der Waals surface area (Å²) < 4.78 is 1.56. The largest absolute Gasteiger partial charge is 0.544 e. The number of carbonyl (C=O) groups is 1. The molecule has 0 unspecified atom stereocenters. The summed E-state index contributed by atoms with van der Waals surface area (Å²) in [7, 11) is 5.45. The number of imidazole rings is 1. The smallest absolute Gasteiger partial charge is 0.175 e.